The molecule has 1 aliphatic carbocycles. The maximum absolute atomic E-state index is 4.51. The minimum absolute atomic E-state index is 0.679. The standard InChI is InChI=1S/C12H18N6/c1-9-10(5-13-11-3-4-11)6-18(15-9)8-12-7-17(2)16-14-12/h6-7,11,13H,3-5,8H2,1-2H3. The van der Waals surface area contributed by atoms with Crippen molar-refractivity contribution in [2.24, 2.45) is 7.05 Å². The molecule has 0 aliphatic heterocycles. The zero-order valence-electron chi connectivity index (χ0n) is 10.8. The molecule has 18 heavy (non-hydrogen) atoms. The van der Waals surface area contributed by atoms with Crippen molar-refractivity contribution in [2.75, 3.05) is 0 Å². The molecule has 2 aromatic heterocycles. The third-order valence-corrected chi connectivity index (χ3v) is 3.18. The van der Waals surface area contributed by atoms with E-state index in [1.165, 1.54) is 18.4 Å². The molecule has 0 saturated heterocycles. The highest BCUT2D eigenvalue weighted by Gasteiger charge is 2.20. The first-order valence-corrected chi connectivity index (χ1v) is 6.32. The van der Waals surface area contributed by atoms with E-state index in [-0.39, 0.29) is 0 Å². The normalized spacial score (nSPS) is 15.2. The Bertz CT molecular complexity index is 537. The zero-order valence-corrected chi connectivity index (χ0v) is 10.8. The molecule has 6 heteroatoms. The molecule has 2 heterocycles. The van der Waals surface area contributed by atoms with Gasteiger partial charge < -0.3 is 5.32 Å². The van der Waals surface area contributed by atoms with Crippen molar-refractivity contribution >= 4 is 0 Å². The summed E-state index contributed by atoms with van der Waals surface area (Å²) >= 11 is 0. The topological polar surface area (TPSA) is 60.6 Å². The summed E-state index contributed by atoms with van der Waals surface area (Å²) in [7, 11) is 1.87. The van der Waals surface area contributed by atoms with Gasteiger partial charge in [-0.3, -0.25) is 9.36 Å². The Balaban J connectivity index is 1.66. The molecule has 2 aromatic rings. The van der Waals surface area contributed by atoms with E-state index < -0.39 is 0 Å². The van der Waals surface area contributed by atoms with Crippen LogP contribution in [-0.2, 0) is 20.1 Å². The summed E-state index contributed by atoms with van der Waals surface area (Å²) in [5, 5.41) is 16.0. The third-order valence-electron chi connectivity index (χ3n) is 3.18. The maximum Gasteiger partial charge on any atom is 0.104 e. The van der Waals surface area contributed by atoms with E-state index in [0.717, 1.165) is 24.0 Å². The van der Waals surface area contributed by atoms with E-state index in [1.54, 1.807) is 4.68 Å². The second-order valence-corrected chi connectivity index (χ2v) is 4.98. The van der Waals surface area contributed by atoms with Crippen molar-refractivity contribution < 1.29 is 0 Å². The molecule has 96 valence electrons. The summed E-state index contributed by atoms with van der Waals surface area (Å²) in [6.07, 6.45) is 6.64. The van der Waals surface area contributed by atoms with Gasteiger partial charge in [-0.2, -0.15) is 5.10 Å². The van der Waals surface area contributed by atoms with Crippen LogP contribution >= 0.6 is 0 Å². The lowest BCUT2D eigenvalue weighted by Crippen LogP contribution is -2.15. The second-order valence-electron chi connectivity index (χ2n) is 4.98. The fourth-order valence-corrected chi connectivity index (χ4v) is 1.99. The predicted octanol–water partition coefficient (Wildman–Crippen LogP) is 0.620. The van der Waals surface area contributed by atoms with Crippen LogP contribution in [0.5, 0.6) is 0 Å². The van der Waals surface area contributed by atoms with Crippen molar-refractivity contribution in [3.8, 4) is 0 Å². The average molecular weight is 246 g/mol. The van der Waals surface area contributed by atoms with Crippen molar-refractivity contribution in [1.29, 1.82) is 0 Å². The Kier molecular flexibility index (Phi) is 2.87. The van der Waals surface area contributed by atoms with Gasteiger partial charge in [0.15, 0.2) is 0 Å². The van der Waals surface area contributed by atoms with Crippen LogP contribution in [-0.4, -0.2) is 30.8 Å². The molecule has 1 fully saturated rings. The van der Waals surface area contributed by atoms with E-state index in [9.17, 15) is 0 Å². The van der Waals surface area contributed by atoms with Gasteiger partial charge in [-0.05, 0) is 19.8 Å². The van der Waals surface area contributed by atoms with E-state index in [4.69, 9.17) is 0 Å². The fraction of sp³-hybridized carbons (Fsp3) is 0.583. The number of rotatable bonds is 5. The van der Waals surface area contributed by atoms with Crippen molar-refractivity contribution in [3.63, 3.8) is 0 Å². The molecule has 0 aromatic carbocycles. The highest BCUT2D eigenvalue weighted by atomic mass is 15.4. The monoisotopic (exact) mass is 246 g/mol. The van der Waals surface area contributed by atoms with Crippen LogP contribution in [0, 0.1) is 6.92 Å². The van der Waals surface area contributed by atoms with Crippen molar-refractivity contribution in [3.05, 3.63) is 29.3 Å². The molecule has 0 unspecified atom stereocenters. The smallest absolute Gasteiger partial charge is 0.104 e. The molecular weight excluding hydrogens is 228 g/mol. The number of nitrogens with zero attached hydrogens (tertiary/aromatic N) is 5. The number of aryl methyl sites for hydroxylation is 2. The van der Waals surface area contributed by atoms with E-state index in [2.05, 4.69) is 33.8 Å². The van der Waals surface area contributed by atoms with Gasteiger partial charge in [0.2, 0.25) is 0 Å². The first-order chi connectivity index (χ1) is 8.70. The van der Waals surface area contributed by atoms with Gasteiger partial charge in [-0.1, -0.05) is 5.21 Å². The molecule has 0 bridgehead atoms. The summed E-state index contributed by atoms with van der Waals surface area (Å²) in [5.41, 5.74) is 3.29. The zero-order chi connectivity index (χ0) is 12.5. The minimum Gasteiger partial charge on any atom is -0.310 e. The summed E-state index contributed by atoms with van der Waals surface area (Å²) in [5.74, 6) is 0. The summed E-state index contributed by atoms with van der Waals surface area (Å²) in [6.45, 7) is 3.65. The van der Waals surface area contributed by atoms with Crippen LogP contribution in [0.3, 0.4) is 0 Å². The second kappa shape index (κ2) is 4.53. The molecule has 3 rings (SSSR count). The van der Waals surface area contributed by atoms with Gasteiger partial charge in [0.25, 0.3) is 0 Å². The molecule has 1 aliphatic rings. The molecule has 0 spiro atoms. The highest BCUT2D eigenvalue weighted by molar-refractivity contribution is 5.16. The van der Waals surface area contributed by atoms with Crippen LogP contribution in [0.25, 0.3) is 0 Å². The van der Waals surface area contributed by atoms with Crippen molar-refractivity contribution in [1.82, 2.24) is 30.1 Å². The predicted molar refractivity (Wildman–Crippen MR) is 66.9 cm³/mol. The van der Waals surface area contributed by atoms with E-state index in [0.29, 0.717) is 6.54 Å². The SMILES string of the molecule is Cc1nn(Cc2cn(C)nn2)cc1CNC1CC1. The molecular formula is C12H18N6. The largest absolute Gasteiger partial charge is 0.310 e. The van der Waals surface area contributed by atoms with Crippen LogP contribution in [0.2, 0.25) is 0 Å². The Labute approximate surface area is 106 Å². The summed E-state index contributed by atoms with van der Waals surface area (Å²) < 4.78 is 3.64. The Morgan fingerprint density at radius 3 is 2.89 bits per heavy atom. The quantitative estimate of drug-likeness (QED) is 0.840. The van der Waals surface area contributed by atoms with Gasteiger partial charge in [0.1, 0.15) is 5.69 Å². The van der Waals surface area contributed by atoms with Gasteiger partial charge in [-0.25, -0.2) is 0 Å². The Hall–Kier alpha value is -1.69. The third kappa shape index (κ3) is 2.59. The lowest BCUT2D eigenvalue weighted by atomic mass is 10.2. The highest BCUT2D eigenvalue weighted by Crippen LogP contribution is 2.19. The fourth-order valence-electron chi connectivity index (χ4n) is 1.99. The van der Waals surface area contributed by atoms with E-state index >= 15 is 0 Å². The Morgan fingerprint density at radius 2 is 2.22 bits per heavy atom. The van der Waals surface area contributed by atoms with Crippen LogP contribution in [0.4, 0.5) is 0 Å². The minimum atomic E-state index is 0.679. The molecule has 0 radical (unpaired) electrons. The van der Waals surface area contributed by atoms with Crippen molar-refractivity contribution in [2.45, 2.75) is 38.9 Å². The maximum atomic E-state index is 4.51. The molecule has 1 N–H and O–H groups in total. The summed E-state index contributed by atoms with van der Waals surface area (Å²) in [6, 6.07) is 0.729. The number of nitrogens with one attached hydrogen (secondary N) is 1. The number of aromatic nitrogens is 5. The molecule has 6 nitrogen and oxygen atoms in total. The van der Waals surface area contributed by atoms with Gasteiger partial charge in [0, 0.05) is 37.6 Å². The molecule has 0 amide bonds. The van der Waals surface area contributed by atoms with Crippen LogP contribution in [0.15, 0.2) is 12.4 Å². The lowest BCUT2D eigenvalue weighted by Gasteiger charge is -1.99. The number of hydrogen-bond donors (Lipinski definition) is 1. The first kappa shape index (κ1) is 11.4. The average Bonchev–Trinajstić information content (AvgIpc) is 2.98. The summed E-state index contributed by atoms with van der Waals surface area (Å²) in [4.78, 5) is 0. The van der Waals surface area contributed by atoms with Gasteiger partial charge >= 0.3 is 0 Å². The molecule has 0 atom stereocenters. The van der Waals surface area contributed by atoms with Crippen LogP contribution in [0.1, 0.15) is 29.8 Å². The number of hydrogen-bond acceptors (Lipinski definition) is 4. The first-order valence-electron chi connectivity index (χ1n) is 6.32. The van der Waals surface area contributed by atoms with E-state index in [1.807, 2.05) is 17.9 Å². The Morgan fingerprint density at radius 1 is 1.39 bits per heavy atom. The molecule has 1 saturated carbocycles. The lowest BCUT2D eigenvalue weighted by molar-refractivity contribution is 0.659. The van der Waals surface area contributed by atoms with Gasteiger partial charge in [-0.15, -0.1) is 5.10 Å². The van der Waals surface area contributed by atoms with Crippen LogP contribution < -0.4 is 5.32 Å². The van der Waals surface area contributed by atoms with Gasteiger partial charge in [0.05, 0.1) is 12.2 Å².